The van der Waals surface area contributed by atoms with Crippen molar-refractivity contribution in [1.82, 2.24) is 0 Å². The Morgan fingerprint density at radius 2 is 1.53 bits per heavy atom. The summed E-state index contributed by atoms with van der Waals surface area (Å²) in [5.41, 5.74) is 0.357. The highest BCUT2D eigenvalue weighted by atomic mass is 28.4. The van der Waals surface area contributed by atoms with E-state index in [4.69, 9.17) is 13.3 Å². The summed E-state index contributed by atoms with van der Waals surface area (Å²) < 4.78 is 16.9. The van der Waals surface area contributed by atoms with Crippen molar-refractivity contribution in [3.63, 3.8) is 0 Å². The summed E-state index contributed by atoms with van der Waals surface area (Å²) in [6.45, 7) is 12.9. The molecule has 0 aromatic carbocycles. The molecule has 0 amide bonds. The minimum Gasteiger partial charge on any atom is -0.389 e. The van der Waals surface area contributed by atoms with Crippen LogP contribution in [0.15, 0.2) is 12.2 Å². The van der Waals surface area contributed by atoms with Gasteiger partial charge < -0.3 is 18.4 Å². The fourth-order valence-electron chi connectivity index (χ4n) is 1.58. The molecule has 0 aromatic heterocycles. The lowest BCUT2D eigenvalue weighted by molar-refractivity contribution is 0.0200. The molecule has 0 aromatic rings. The standard InChI is InChI=1S/C12H26O4Si/c1-6-14-17(15-7-2,16-8-3)12(13)10-9-11(4)5/h12-13H,4,6-10H2,1-3,5H3. The van der Waals surface area contributed by atoms with Crippen molar-refractivity contribution in [2.45, 2.75) is 46.3 Å². The summed E-state index contributed by atoms with van der Waals surface area (Å²) in [5, 5.41) is 10.2. The Kier molecular flexibility index (Phi) is 8.72. The molecular weight excluding hydrogens is 236 g/mol. The van der Waals surface area contributed by atoms with Crippen LogP contribution in [0.3, 0.4) is 0 Å². The zero-order chi connectivity index (χ0) is 13.3. The number of hydrogen-bond donors (Lipinski definition) is 1. The van der Waals surface area contributed by atoms with Crippen molar-refractivity contribution >= 4 is 8.80 Å². The highest BCUT2D eigenvalue weighted by Gasteiger charge is 2.48. The van der Waals surface area contributed by atoms with Crippen LogP contribution in [0.25, 0.3) is 0 Å². The zero-order valence-electron chi connectivity index (χ0n) is 11.5. The van der Waals surface area contributed by atoms with E-state index in [1.807, 2.05) is 27.7 Å². The van der Waals surface area contributed by atoms with Crippen molar-refractivity contribution < 1.29 is 18.4 Å². The molecule has 1 N–H and O–H groups in total. The molecule has 0 saturated carbocycles. The highest BCUT2D eigenvalue weighted by molar-refractivity contribution is 6.62. The Labute approximate surface area is 106 Å². The molecule has 0 spiro atoms. The Balaban J connectivity index is 4.64. The molecule has 0 aliphatic carbocycles. The Bertz CT molecular complexity index is 204. The molecule has 1 unspecified atom stereocenters. The van der Waals surface area contributed by atoms with E-state index in [9.17, 15) is 5.11 Å². The van der Waals surface area contributed by atoms with E-state index in [2.05, 4.69) is 6.58 Å². The maximum Gasteiger partial charge on any atom is 0.531 e. The molecule has 0 heterocycles. The first kappa shape index (κ1) is 16.8. The first-order valence-electron chi connectivity index (χ1n) is 6.26. The average molecular weight is 262 g/mol. The Morgan fingerprint density at radius 1 is 1.12 bits per heavy atom. The van der Waals surface area contributed by atoms with Crippen LogP contribution >= 0.6 is 0 Å². The van der Waals surface area contributed by atoms with Gasteiger partial charge in [-0.3, -0.25) is 0 Å². The molecule has 1 atom stereocenters. The van der Waals surface area contributed by atoms with Crippen molar-refractivity contribution in [2.24, 2.45) is 0 Å². The summed E-state index contributed by atoms with van der Waals surface area (Å²) in [7, 11) is -2.95. The van der Waals surface area contributed by atoms with Gasteiger partial charge >= 0.3 is 8.80 Å². The molecular formula is C12H26O4Si. The van der Waals surface area contributed by atoms with E-state index >= 15 is 0 Å². The quantitative estimate of drug-likeness (QED) is 0.485. The lowest BCUT2D eigenvalue weighted by Crippen LogP contribution is -2.56. The van der Waals surface area contributed by atoms with Gasteiger partial charge in [0, 0.05) is 19.8 Å². The minimum atomic E-state index is -2.95. The largest absolute Gasteiger partial charge is 0.531 e. The molecule has 4 nitrogen and oxygen atoms in total. The summed E-state index contributed by atoms with van der Waals surface area (Å²) >= 11 is 0. The normalized spacial score (nSPS) is 13.7. The van der Waals surface area contributed by atoms with Gasteiger partial charge in [0.25, 0.3) is 0 Å². The third-order valence-electron chi connectivity index (χ3n) is 2.29. The maximum atomic E-state index is 10.2. The van der Waals surface area contributed by atoms with Gasteiger partial charge in [0.1, 0.15) is 5.73 Å². The van der Waals surface area contributed by atoms with E-state index in [1.165, 1.54) is 0 Å². The topological polar surface area (TPSA) is 47.9 Å². The van der Waals surface area contributed by atoms with Crippen LogP contribution in [-0.2, 0) is 13.3 Å². The monoisotopic (exact) mass is 262 g/mol. The van der Waals surface area contributed by atoms with E-state index in [-0.39, 0.29) is 0 Å². The van der Waals surface area contributed by atoms with Crippen LogP contribution in [-0.4, -0.2) is 39.5 Å². The maximum absolute atomic E-state index is 10.2. The lowest BCUT2D eigenvalue weighted by atomic mass is 10.2. The van der Waals surface area contributed by atoms with Gasteiger partial charge in [0.05, 0.1) is 0 Å². The van der Waals surface area contributed by atoms with Crippen LogP contribution in [0.5, 0.6) is 0 Å². The van der Waals surface area contributed by atoms with Crippen molar-refractivity contribution in [2.75, 3.05) is 19.8 Å². The number of aliphatic hydroxyl groups is 1. The molecule has 0 radical (unpaired) electrons. The predicted molar refractivity (Wildman–Crippen MR) is 70.7 cm³/mol. The number of aliphatic hydroxyl groups excluding tert-OH is 1. The fraction of sp³-hybridized carbons (Fsp3) is 0.833. The third kappa shape index (κ3) is 5.79. The second-order valence-electron chi connectivity index (χ2n) is 3.91. The van der Waals surface area contributed by atoms with E-state index < -0.39 is 14.5 Å². The van der Waals surface area contributed by atoms with Crippen molar-refractivity contribution in [3.8, 4) is 0 Å². The number of rotatable bonds is 10. The second kappa shape index (κ2) is 8.83. The van der Waals surface area contributed by atoms with Crippen LogP contribution in [0.4, 0.5) is 0 Å². The summed E-state index contributed by atoms with van der Waals surface area (Å²) in [5.74, 6) is 0. The van der Waals surface area contributed by atoms with E-state index in [1.54, 1.807) is 0 Å². The van der Waals surface area contributed by atoms with Gasteiger partial charge in [-0.1, -0.05) is 5.57 Å². The van der Waals surface area contributed by atoms with Crippen LogP contribution in [0.2, 0.25) is 0 Å². The van der Waals surface area contributed by atoms with Gasteiger partial charge in [0.15, 0.2) is 0 Å². The van der Waals surface area contributed by atoms with Crippen LogP contribution in [0, 0.1) is 0 Å². The molecule has 0 aliphatic heterocycles. The lowest BCUT2D eigenvalue weighted by Gasteiger charge is -2.32. The van der Waals surface area contributed by atoms with Gasteiger partial charge in [0.2, 0.25) is 0 Å². The van der Waals surface area contributed by atoms with E-state index in [0.29, 0.717) is 26.2 Å². The molecule has 17 heavy (non-hydrogen) atoms. The Hall–Kier alpha value is -0.203. The summed E-state index contributed by atoms with van der Waals surface area (Å²) in [4.78, 5) is 0. The minimum absolute atomic E-state index is 0.482. The van der Waals surface area contributed by atoms with Crippen molar-refractivity contribution in [1.29, 1.82) is 0 Å². The SMILES string of the molecule is C=C(C)CCC(O)[Si](OCC)(OCC)OCC. The molecule has 0 rings (SSSR count). The first-order chi connectivity index (χ1) is 8.02. The third-order valence-corrected chi connectivity index (χ3v) is 5.47. The molecule has 102 valence electrons. The molecule has 0 bridgehead atoms. The van der Waals surface area contributed by atoms with Gasteiger partial charge in [-0.25, -0.2) is 0 Å². The fourth-order valence-corrected chi connectivity index (χ4v) is 4.11. The molecule has 0 fully saturated rings. The molecule has 0 aliphatic rings. The molecule has 0 saturated heterocycles. The van der Waals surface area contributed by atoms with Crippen LogP contribution < -0.4 is 0 Å². The number of allylic oxidation sites excluding steroid dienone is 1. The van der Waals surface area contributed by atoms with Gasteiger partial charge in [-0.15, -0.1) is 6.58 Å². The smallest absolute Gasteiger partial charge is 0.389 e. The predicted octanol–water partition coefficient (Wildman–Crippen LogP) is 2.29. The number of hydrogen-bond acceptors (Lipinski definition) is 4. The van der Waals surface area contributed by atoms with Gasteiger partial charge in [-0.05, 0) is 40.5 Å². The second-order valence-corrected chi connectivity index (χ2v) is 6.65. The molecule has 5 heteroatoms. The Morgan fingerprint density at radius 3 is 1.82 bits per heavy atom. The summed E-state index contributed by atoms with van der Waals surface area (Å²) in [6, 6.07) is 0. The first-order valence-corrected chi connectivity index (χ1v) is 8.06. The average Bonchev–Trinajstić information content (AvgIpc) is 2.26. The van der Waals surface area contributed by atoms with Gasteiger partial charge in [-0.2, -0.15) is 0 Å². The van der Waals surface area contributed by atoms with E-state index in [0.717, 1.165) is 12.0 Å². The zero-order valence-corrected chi connectivity index (χ0v) is 12.5. The highest BCUT2D eigenvalue weighted by Crippen LogP contribution is 2.20. The van der Waals surface area contributed by atoms with Crippen molar-refractivity contribution in [3.05, 3.63) is 12.2 Å². The van der Waals surface area contributed by atoms with Crippen LogP contribution in [0.1, 0.15) is 40.5 Å². The summed E-state index contributed by atoms with van der Waals surface area (Å²) in [6.07, 6.45) is 1.32.